The van der Waals surface area contributed by atoms with Crippen LogP contribution in [0.1, 0.15) is 23.2 Å². The molecule has 1 aromatic rings. The van der Waals surface area contributed by atoms with E-state index in [1.807, 2.05) is 4.90 Å². The van der Waals surface area contributed by atoms with E-state index in [4.69, 9.17) is 16.3 Å². The van der Waals surface area contributed by atoms with Crippen molar-refractivity contribution in [1.82, 2.24) is 4.98 Å². The van der Waals surface area contributed by atoms with Gasteiger partial charge in [-0.05, 0) is 18.9 Å². The molecule has 1 fully saturated rings. The van der Waals surface area contributed by atoms with E-state index in [2.05, 4.69) is 4.98 Å². The van der Waals surface area contributed by atoms with Crippen molar-refractivity contribution < 1.29 is 14.6 Å². The van der Waals surface area contributed by atoms with Gasteiger partial charge in [-0.15, -0.1) is 0 Å². The summed E-state index contributed by atoms with van der Waals surface area (Å²) in [5.41, 5.74) is 1.04. The van der Waals surface area contributed by atoms with Crippen LogP contribution in [0.15, 0.2) is 12.3 Å². The van der Waals surface area contributed by atoms with E-state index in [0.29, 0.717) is 22.9 Å². The quantitative estimate of drug-likeness (QED) is 0.652. The largest absolute Gasteiger partial charge is 0.465 e. The molecule has 2 heterocycles. The Labute approximate surface area is 110 Å². The highest BCUT2D eigenvalue weighted by atomic mass is 35.5. The Morgan fingerprint density at radius 1 is 1.67 bits per heavy atom. The molecular weight excluding hydrogens is 256 g/mol. The number of aliphatic hydroxyl groups is 1. The zero-order valence-corrected chi connectivity index (χ0v) is 10.9. The predicted octanol–water partition coefficient (Wildman–Crippen LogP) is 1.48. The molecule has 0 spiro atoms. The number of hydrogen-bond acceptors (Lipinski definition) is 5. The molecule has 6 heteroatoms. The summed E-state index contributed by atoms with van der Waals surface area (Å²) >= 11 is 5.87. The number of aliphatic hydroxyl groups excluding tert-OH is 1. The standard InChI is InChI=1S/C12H15ClN2O3/c1-18-12(17)9-6-14-11(13)5-10(9)15-4-2-3-8(16)7-15/h5-6,8,16H,2-4,7H2,1H3/t8-/m0/s1. The van der Waals surface area contributed by atoms with Gasteiger partial charge in [0, 0.05) is 19.3 Å². The molecule has 0 saturated carbocycles. The average Bonchev–Trinajstić information content (AvgIpc) is 2.38. The van der Waals surface area contributed by atoms with Crippen LogP contribution < -0.4 is 4.90 Å². The Morgan fingerprint density at radius 2 is 2.44 bits per heavy atom. The number of rotatable bonds is 2. The number of carbonyl (C=O) groups excluding carboxylic acids is 1. The molecule has 0 unspecified atom stereocenters. The fraction of sp³-hybridized carbons (Fsp3) is 0.500. The lowest BCUT2D eigenvalue weighted by atomic mass is 10.1. The third-order valence-corrected chi connectivity index (χ3v) is 3.20. The van der Waals surface area contributed by atoms with Gasteiger partial charge in [-0.25, -0.2) is 9.78 Å². The van der Waals surface area contributed by atoms with Crippen LogP contribution in [0.25, 0.3) is 0 Å². The van der Waals surface area contributed by atoms with Gasteiger partial charge in [0.1, 0.15) is 10.7 Å². The van der Waals surface area contributed by atoms with E-state index < -0.39 is 5.97 Å². The maximum Gasteiger partial charge on any atom is 0.341 e. The summed E-state index contributed by atoms with van der Waals surface area (Å²) in [5, 5.41) is 10.0. The first-order valence-electron chi connectivity index (χ1n) is 5.78. The molecule has 98 valence electrons. The van der Waals surface area contributed by atoms with Crippen molar-refractivity contribution in [3.05, 3.63) is 23.0 Å². The van der Waals surface area contributed by atoms with Crippen molar-refractivity contribution in [2.45, 2.75) is 18.9 Å². The summed E-state index contributed by atoms with van der Waals surface area (Å²) in [6, 6.07) is 1.63. The van der Waals surface area contributed by atoms with Gasteiger partial charge in [-0.1, -0.05) is 11.6 Å². The van der Waals surface area contributed by atoms with Crippen molar-refractivity contribution in [2.75, 3.05) is 25.1 Å². The van der Waals surface area contributed by atoms with Crippen molar-refractivity contribution in [3.63, 3.8) is 0 Å². The van der Waals surface area contributed by atoms with Gasteiger partial charge in [-0.3, -0.25) is 0 Å². The van der Waals surface area contributed by atoms with E-state index in [1.165, 1.54) is 13.3 Å². The molecule has 1 atom stereocenters. The van der Waals surface area contributed by atoms with Gasteiger partial charge < -0.3 is 14.7 Å². The van der Waals surface area contributed by atoms with Crippen LogP contribution in [0.2, 0.25) is 5.15 Å². The lowest BCUT2D eigenvalue weighted by Crippen LogP contribution is -2.39. The molecule has 5 nitrogen and oxygen atoms in total. The van der Waals surface area contributed by atoms with Crippen molar-refractivity contribution >= 4 is 23.3 Å². The molecule has 0 aromatic carbocycles. The van der Waals surface area contributed by atoms with Gasteiger partial charge in [-0.2, -0.15) is 0 Å². The topological polar surface area (TPSA) is 62.7 Å². The van der Waals surface area contributed by atoms with Crippen LogP contribution in [0.4, 0.5) is 5.69 Å². The summed E-state index contributed by atoms with van der Waals surface area (Å²) in [4.78, 5) is 17.5. The summed E-state index contributed by atoms with van der Waals surface area (Å²) in [5.74, 6) is -0.450. The SMILES string of the molecule is COC(=O)c1cnc(Cl)cc1N1CCC[C@H](O)C1. The number of halogens is 1. The molecule has 0 bridgehead atoms. The number of hydrogen-bond donors (Lipinski definition) is 1. The van der Waals surface area contributed by atoms with Crippen LogP contribution in [0.3, 0.4) is 0 Å². The van der Waals surface area contributed by atoms with Gasteiger partial charge >= 0.3 is 5.97 Å². The predicted molar refractivity (Wildman–Crippen MR) is 68.0 cm³/mol. The molecule has 1 aliphatic rings. The Hall–Kier alpha value is -1.33. The molecule has 2 rings (SSSR count). The molecule has 1 aliphatic heterocycles. The van der Waals surface area contributed by atoms with Gasteiger partial charge in [0.25, 0.3) is 0 Å². The third kappa shape index (κ3) is 2.73. The minimum absolute atomic E-state index is 0.317. The van der Waals surface area contributed by atoms with Crippen molar-refractivity contribution in [2.24, 2.45) is 0 Å². The van der Waals surface area contributed by atoms with Gasteiger partial charge in [0.2, 0.25) is 0 Å². The number of esters is 1. The Bertz CT molecular complexity index is 453. The first kappa shape index (κ1) is 13.1. The van der Waals surface area contributed by atoms with E-state index in [1.54, 1.807) is 6.07 Å². The molecule has 1 saturated heterocycles. The second-order valence-corrected chi connectivity index (χ2v) is 4.65. The Balaban J connectivity index is 2.35. The monoisotopic (exact) mass is 270 g/mol. The lowest BCUT2D eigenvalue weighted by molar-refractivity contribution is 0.0600. The number of ether oxygens (including phenoxy) is 1. The highest BCUT2D eigenvalue weighted by Gasteiger charge is 2.23. The fourth-order valence-electron chi connectivity index (χ4n) is 2.12. The second-order valence-electron chi connectivity index (χ2n) is 4.26. The third-order valence-electron chi connectivity index (χ3n) is 2.99. The van der Waals surface area contributed by atoms with E-state index in [-0.39, 0.29) is 6.10 Å². The Morgan fingerprint density at radius 3 is 3.11 bits per heavy atom. The maximum absolute atomic E-state index is 11.7. The van der Waals surface area contributed by atoms with Crippen LogP contribution in [-0.4, -0.2) is 42.4 Å². The van der Waals surface area contributed by atoms with Crippen LogP contribution in [0.5, 0.6) is 0 Å². The van der Waals surface area contributed by atoms with E-state index >= 15 is 0 Å². The van der Waals surface area contributed by atoms with Crippen LogP contribution in [0, 0.1) is 0 Å². The van der Waals surface area contributed by atoms with Crippen LogP contribution in [-0.2, 0) is 4.74 Å². The number of aromatic nitrogens is 1. The maximum atomic E-state index is 11.7. The number of piperidine rings is 1. The van der Waals surface area contributed by atoms with Crippen LogP contribution >= 0.6 is 11.6 Å². The highest BCUT2D eigenvalue weighted by Crippen LogP contribution is 2.26. The normalized spacial score (nSPS) is 19.7. The second kappa shape index (κ2) is 5.54. The fourth-order valence-corrected chi connectivity index (χ4v) is 2.27. The first-order chi connectivity index (χ1) is 8.61. The van der Waals surface area contributed by atoms with E-state index in [0.717, 1.165) is 19.4 Å². The molecule has 0 radical (unpaired) electrons. The van der Waals surface area contributed by atoms with Gasteiger partial charge in [0.05, 0.1) is 18.9 Å². The first-order valence-corrected chi connectivity index (χ1v) is 6.16. The average molecular weight is 271 g/mol. The van der Waals surface area contributed by atoms with Gasteiger partial charge in [0.15, 0.2) is 0 Å². The number of methoxy groups -OCH3 is 1. The van der Waals surface area contributed by atoms with E-state index in [9.17, 15) is 9.90 Å². The number of nitrogens with zero attached hydrogens (tertiary/aromatic N) is 2. The minimum atomic E-state index is -0.450. The number of carbonyl (C=O) groups is 1. The molecule has 0 aliphatic carbocycles. The molecule has 0 amide bonds. The highest BCUT2D eigenvalue weighted by molar-refractivity contribution is 6.29. The lowest BCUT2D eigenvalue weighted by Gasteiger charge is -2.32. The van der Waals surface area contributed by atoms with Crippen molar-refractivity contribution in [3.8, 4) is 0 Å². The molecule has 18 heavy (non-hydrogen) atoms. The molecular formula is C12H15ClN2O3. The van der Waals surface area contributed by atoms with Crippen molar-refractivity contribution in [1.29, 1.82) is 0 Å². The number of pyridine rings is 1. The summed E-state index contributed by atoms with van der Waals surface area (Å²) in [6.45, 7) is 1.27. The zero-order chi connectivity index (χ0) is 13.1. The zero-order valence-electron chi connectivity index (χ0n) is 10.1. The molecule has 1 aromatic heterocycles. The summed E-state index contributed by atoms with van der Waals surface area (Å²) in [7, 11) is 1.33. The molecule has 1 N–H and O–H groups in total. The summed E-state index contributed by atoms with van der Waals surface area (Å²) in [6.07, 6.45) is 2.69. The summed E-state index contributed by atoms with van der Waals surface area (Å²) < 4.78 is 4.72. The smallest absolute Gasteiger partial charge is 0.341 e. The Kier molecular flexibility index (Phi) is 4.04. The number of anilines is 1. The minimum Gasteiger partial charge on any atom is -0.465 e. The number of β-amino-alcohol motifs (C(OH)–C–C–N with tert-alkyl or cyclic N) is 1.